The Morgan fingerprint density at radius 2 is 1.96 bits per heavy atom. The van der Waals surface area contributed by atoms with Crippen LogP contribution in [0.1, 0.15) is 24.3 Å². The molecule has 1 aromatic rings. The normalized spacial score (nSPS) is 11.2. The van der Waals surface area contributed by atoms with Gasteiger partial charge in [0, 0.05) is 26.2 Å². The van der Waals surface area contributed by atoms with E-state index in [9.17, 15) is 19.2 Å². The van der Waals surface area contributed by atoms with Gasteiger partial charge in [-0.15, -0.1) is 0 Å². The number of aliphatic carboxylic acids is 1. The van der Waals surface area contributed by atoms with Crippen LogP contribution in [0.2, 0.25) is 0 Å². The Labute approximate surface area is 139 Å². The Kier molecular flexibility index (Phi) is 7.34. The molecule has 1 atom stereocenters. The third-order valence-corrected chi connectivity index (χ3v) is 3.17. The number of hydrogen-bond donors (Lipinski definition) is 3. The molecule has 9 heteroatoms. The molecule has 3 amide bonds. The van der Waals surface area contributed by atoms with Crippen LogP contribution in [0.25, 0.3) is 0 Å². The minimum Gasteiger partial charge on any atom is -0.480 e. The largest absolute Gasteiger partial charge is 0.480 e. The van der Waals surface area contributed by atoms with E-state index in [1.54, 1.807) is 12.1 Å². The molecule has 9 nitrogen and oxygen atoms in total. The minimum absolute atomic E-state index is 0.0192. The number of aromatic nitrogens is 1. The molecule has 0 spiro atoms. The molecule has 0 aliphatic rings. The van der Waals surface area contributed by atoms with Crippen molar-refractivity contribution in [3.63, 3.8) is 0 Å². The van der Waals surface area contributed by atoms with Crippen molar-refractivity contribution in [1.29, 1.82) is 0 Å². The first-order valence-corrected chi connectivity index (χ1v) is 7.29. The number of carbonyl (C=O) groups excluding carboxylic acids is 3. The molecule has 1 unspecified atom stereocenters. The summed E-state index contributed by atoms with van der Waals surface area (Å²) in [5.41, 5.74) is 0.154. The highest BCUT2D eigenvalue weighted by Crippen LogP contribution is 2.00. The molecule has 0 saturated heterocycles. The second-order valence-electron chi connectivity index (χ2n) is 4.98. The predicted molar refractivity (Wildman–Crippen MR) is 84.1 cm³/mol. The fourth-order valence-electron chi connectivity index (χ4n) is 1.87. The summed E-state index contributed by atoms with van der Waals surface area (Å²) >= 11 is 0. The Bertz CT molecular complexity index is 605. The van der Waals surface area contributed by atoms with E-state index in [1.165, 1.54) is 26.1 Å². The van der Waals surface area contributed by atoms with Gasteiger partial charge in [0.05, 0.1) is 6.54 Å². The van der Waals surface area contributed by atoms with Gasteiger partial charge in [0.15, 0.2) is 0 Å². The van der Waals surface area contributed by atoms with E-state index in [2.05, 4.69) is 15.6 Å². The summed E-state index contributed by atoms with van der Waals surface area (Å²) in [6.07, 6.45) is 1.45. The van der Waals surface area contributed by atoms with E-state index in [0.717, 1.165) is 4.90 Å². The zero-order valence-corrected chi connectivity index (χ0v) is 13.5. The second kappa shape index (κ2) is 9.23. The van der Waals surface area contributed by atoms with Gasteiger partial charge in [0.25, 0.3) is 5.91 Å². The van der Waals surface area contributed by atoms with Gasteiger partial charge in [-0.25, -0.2) is 4.79 Å². The molecule has 0 bridgehead atoms. The molecule has 1 heterocycles. The summed E-state index contributed by atoms with van der Waals surface area (Å²) in [7, 11) is 0. The van der Waals surface area contributed by atoms with Crippen molar-refractivity contribution in [3.05, 3.63) is 30.1 Å². The Morgan fingerprint density at radius 1 is 1.25 bits per heavy atom. The highest BCUT2D eigenvalue weighted by Gasteiger charge is 2.25. The maximum atomic E-state index is 12.2. The maximum absolute atomic E-state index is 12.2. The molecule has 0 aliphatic heterocycles. The van der Waals surface area contributed by atoms with Gasteiger partial charge >= 0.3 is 5.97 Å². The molecule has 0 fully saturated rings. The van der Waals surface area contributed by atoms with Gasteiger partial charge in [-0.05, 0) is 19.1 Å². The Balaban J connectivity index is 2.64. The zero-order chi connectivity index (χ0) is 18.1. The van der Waals surface area contributed by atoms with E-state index in [-0.39, 0.29) is 31.2 Å². The van der Waals surface area contributed by atoms with Crippen molar-refractivity contribution in [3.8, 4) is 0 Å². The molecule has 3 N–H and O–H groups in total. The van der Waals surface area contributed by atoms with Crippen molar-refractivity contribution in [2.45, 2.75) is 19.9 Å². The number of nitrogens with one attached hydrogen (secondary N) is 2. The van der Waals surface area contributed by atoms with E-state index in [0.29, 0.717) is 0 Å². The molecule has 1 rings (SSSR count). The van der Waals surface area contributed by atoms with Crippen molar-refractivity contribution in [2.75, 3.05) is 19.6 Å². The highest BCUT2D eigenvalue weighted by atomic mass is 16.4. The third-order valence-electron chi connectivity index (χ3n) is 3.17. The summed E-state index contributed by atoms with van der Waals surface area (Å²) in [5.74, 6) is -2.57. The summed E-state index contributed by atoms with van der Waals surface area (Å²) < 4.78 is 0. The number of carboxylic acid groups (broad SMARTS) is 1. The standard InChI is InChI=1S/C15H20N4O5/c1-10(15(23)24)19(8-7-16-11(2)20)13(21)9-18-14(22)12-5-3-4-6-17-12/h3-6,10H,7-9H2,1-2H3,(H,16,20)(H,18,22)(H,23,24). The van der Waals surface area contributed by atoms with E-state index < -0.39 is 23.8 Å². The molecule has 0 radical (unpaired) electrons. The van der Waals surface area contributed by atoms with Gasteiger partial charge in [0.2, 0.25) is 11.8 Å². The minimum atomic E-state index is -1.18. The summed E-state index contributed by atoms with van der Waals surface area (Å²) in [5, 5.41) is 14.0. The molecule has 24 heavy (non-hydrogen) atoms. The van der Waals surface area contributed by atoms with Gasteiger partial charge < -0.3 is 20.6 Å². The fraction of sp³-hybridized carbons (Fsp3) is 0.400. The van der Waals surface area contributed by atoms with Crippen LogP contribution in [-0.4, -0.2) is 64.4 Å². The number of hydrogen-bond acceptors (Lipinski definition) is 5. The predicted octanol–water partition coefficient (Wildman–Crippen LogP) is -0.751. The van der Waals surface area contributed by atoms with Gasteiger partial charge in [0.1, 0.15) is 11.7 Å². The lowest BCUT2D eigenvalue weighted by Crippen LogP contribution is -2.50. The lowest BCUT2D eigenvalue weighted by molar-refractivity contribution is -0.149. The topological polar surface area (TPSA) is 129 Å². The van der Waals surface area contributed by atoms with E-state index in [1.807, 2.05) is 0 Å². The molecule has 0 saturated carbocycles. The maximum Gasteiger partial charge on any atom is 0.326 e. The van der Waals surface area contributed by atoms with Crippen LogP contribution in [-0.2, 0) is 14.4 Å². The van der Waals surface area contributed by atoms with E-state index in [4.69, 9.17) is 5.11 Å². The smallest absolute Gasteiger partial charge is 0.326 e. The van der Waals surface area contributed by atoms with Crippen LogP contribution in [0.5, 0.6) is 0 Å². The summed E-state index contributed by atoms with van der Waals surface area (Å²) in [4.78, 5) is 51.0. The van der Waals surface area contributed by atoms with Crippen LogP contribution in [0.3, 0.4) is 0 Å². The number of carbonyl (C=O) groups is 4. The SMILES string of the molecule is CC(=O)NCCN(C(=O)CNC(=O)c1ccccn1)C(C)C(=O)O. The van der Waals surface area contributed by atoms with Crippen molar-refractivity contribution < 1.29 is 24.3 Å². The van der Waals surface area contributed by atoms with E-state index >= 15 is 0 Å². The third kappa shape index (κ3) is 6.03. The molecular weight excluding hydrogens is 316 g/mol. The Morgan fingerprint density at radius 3 is 2.50 bits per heavy atom. The average Bonchev–Trinajstić information content (AvgIpc) is 2.56. The molecule has 0 aliphatic carbocycles. The first-order chi connectivity index (χ1) is 11.3. The van der Waals surface area contributed by atoms with Crippen LogP contribution in [0.4, 0.5) is 0 Å². The number of nitrogens with zero attached hydrogens (tertiary/aromatic N) is 2. The lowest BCUT2D eigenvalue weighted by Gasteiger charge is -2.26. The monoisotopic (exact) mass is 336 g/mol. The average molecular weight is 336 g/mol. The quantitative estimate of drug-likeness (QED) is 0.573. The van der Waals surface area contributed by atoms with Crippen molar-refractivity contribution >= 4 is 23.7 Å². The van der Waals surface area contributed by atoms with Gasteiger partial charge in [-0.3, -0.25) is 19.4 Å². The van der Waals surface area contributed by atoms with Crippen molar-refractivity contribution in [2.24, 2.45) is 0 Å². The lowest BCUT2D eigenvalue weighted by atomic mass is 10.2. The fourth-order valence-corrected chi connectivity index (χ4v) is 1.87. The van der Waals surface area contributed by atoms with Crippen LogP contribution in [0.15, 0.2) is 24.4 Å². The summed E-state index contributed by atoms with van der Waals surface area (Å²) in [6, 6.07) is 3.70. The van der Waals surface area contributed by atoms with Crippen LogP contribution >= 0.6 is 0 Å². The number of amides is 3. The van der Waals surface area contributed by atoms with Crippen molar-refractivity contribution in [1.82, 2.24) is 20.5 Å². The Hall–Kier alpha value is -2.97. The zero-order valence-electron chi connectivity index (χ0n) is 13.5. The van der Waals surface area contributed by atoms with Crippen LogP contribution in [0, 0.1) is 0 Å². The molecule has 0 aromatic carbocycles. The van der Waals surface area contributed by atoms with Gasteiger partial charge in [-0.2, -0.15) is 0 Å². The summed E-state index contributed by atoms with van der Waals surface area (Å²) in [6.45, 7) is 2.44. The molecule has 130 valence electrons. The van der Waals surface area contributed by atoms with Gasteiger partial charge in [-0.1, -0.05) is 6.07 Å². The molecular formula is C15H20N4O5. The first-order valence-electron chi connectivity index (χ1n) is 7.29. The first kappa shape index (κ1) is 19.1. The number of rotatable bonds is 8. The second-order valence-corrected chi connectivity index (χ2v) is 4.98. The number of carboxylic acids is 1. The highest BCUT2D eigenvalue weighted by molar-refractivity contribution is 5.95. The van der Waals surface area contributed by atoms with Crippen LogP contribution < -0.4 is 10.6 Å². The molecule has 1 aromatic heterocycles. The number of pyridine rings is 1.